The third-order valence-corrected chi connectivity index (χ3v) is 5.53. The van der Waals surface area contributed by atoms with Crippen molar-refractivity contribution in [1.82, 2.24) is 15.5 Å². The van der Waals surface area contributed by atoms with Crippen LogP contribution in [0.4, 0.5) is 10.5 Å². The zero-order chi connectivity index (χ0) is 23.8. The first-order valence-electron chi connectivity index (χ1n) is 10.7. The van der Waals surface area contributed by atoms with Crippen LogP contribution in [0.25, 0.3) is 0 Å². The Morgan fingerprint density at radius 2 is 1.85 bits per heavy atom. The van der Waals surface area contributed by atoms with E-state index < -0.39 is 6.04 Å². The Morgan fingerprint density at radius 1 is 1.12 bits per heavy atom. The number of piperidine rings is 1. The molecule has 9 heteroatoms. The summed E-state index contributed by atoms with van der Waals surface area (Å²) in [6.45, 7) is 1.18. The highest BCUT2D eigenvalue weighted by Crippen LogP contribution is 2.20. The first kappa shape index (κ1) is 24.2. The fraction of sp³-hybridized carbons (Fsp3) is 0.375. The predicted octanol–water partition coefficient (Wildman–Crippen LogP) is 2.40. The van der Waals surface area contributed by atoms with Gasteiger partial charge in [-0.1, -0.05) is 18.2 Å². The number of amides is 4. The molecular weight excluding hydrogens is 424 g/mol. The van der Waals surface area contributed by atoms with Gasteiger partial charge in [-0.2, -0.15) is 0 Å². The lowest BCUT2D eigenvalue weighted by atomic mass is 9.99. The second-order valence-corrected chi connectivity index (χ2v) is 7.89. The lowest BCUT2D eigenvalue weighted by Crippen LogP contribution is -2.50. The van der Waals surface area contributed by atoms with Gasteiger partial charge < -0.3 is 25.0 Å². The van der Waals surface area contributed by atoms with E-state index in [0.29, 0.717) is 44.0 Å². The highest BCUT2D eigenvalue weighted by molar-refractivity contribution is 6.00. The molecule has 3 N–H and O–H groups in total. The number of imide groups is 1. The van der Waals surface area contributed by atoms with Crippen LogP contribution in [0.1, 0.15) is 29.5 Å². The molecule has 1 aliphatic rings. The standard InChI is InChI=1S/C24H30N4O5/c1-28(24(31)26-18-7-9-19(33-3)10-8-18)14-16-5-4-6-17(15-32-2)20(16)13-25-21-11-12-22(29)27-23(21)30/h4-10,21,25H,11-15H2,1-3H3,(H,26,31)(H,27,29,30). The summed E-state index contributed by atoms with van der Waals surface area (Å²) in [6, 6.07) is 12.3. The number of benzene rings is 2. The monoisotopic (exact) mass is 454 g/mol. The number of hydrogen-bond donors (Lipinski definition) is 3. The van der Waals surface area contributed by atoms with Crippen LogP contribution in [-0.4, -0.2) is 50.1 Å². The van der Waals surface area contributed by atoms with Crippen molar-refractivity contribution in [2.75, 3.05) is 26.6 Å². The van der Waals surface area contributed by atoms with E-state index in [2.05, 4.69) is 16.0 Å². The molecular formula is C24H30N4O5. The maximum absolute atomic E-state index is 12.7. The number of urea groups is 1. The van der Waals surface area contributed by atoms with Crippen LogP contribution >= 0.6 is 0 Å². The van der Waals surface area contributed by atoms with E-state index in [0.717, 1.165) is 16.7 Å². The van der Waals surface area contributed by atoms with Crippen LogP contribution in [-0.2, 0) is 34.0 Å². The van der Waals surface area contributed by atoms with Crippen LogP contribution in [0.15, 0.2) is 42.5 Å². The van der Waals surface area contributed by atoms with Crippen LogP contribution in [0.5, 0.6) is 5.75 Å². The van der Waals surface area contributed by atoms with E-state index >= 15 is 0 Å². The van der Waals surface area contributed by atoms with Gasteiger partial charge in [0.25, 0.3) is 0 Å². The highest BCUT2D eigenvalue weighted by Gasteiger charge is 2.26. The average Bonchev–Trinajstić information content (AvgIpc) is 2.80. The number of carbonyl (C=O) groups is 3. The van der Waals surface area contributed by atoms with E-state index in [4.69, 9.17) is 9.47 Å². The summed E-state index contributed by atoms with van der Waals surface area (Å²) in [5.74, 6) is 0.153. The number of nitrogens with one attached hydrogen (secondary N) is 3. The van der Waals surface area contributed by atoms with Crippen molar-refractivity contribution < 1.29 is 23.9 Å². The average molecular weight is 455 g/mol. The molecule has 2 aromatic rings. The van der Waals surface area contributed by atoms with E-state index in [1.54, 1.807) is 50.4 Å². The van der Waals surface area contributed by atoms with Crippen LogP contribution < -0.4 is 20.7 Å². The molecule has 1 fully saturated rings. The molecule has 0 radical (unpaired) electrons. The zero-order valence-corrected chi connectivity index (χ0v) is 19.1. The summed E-state index contributed by atoms with van der Waals surface area (Å²) < 4.78 is 10.5. The molecule has 1 atom stereocenters. The van der Waals surface area contributed by atoms with Crippen molar-refractivity contribution in [3.8, 4) is 5.75 Å². The van der Waals surface area contributed by atoms with Gasteiger partial charge in [0.05, 0.1) is 19.8 Å². The van der Waals surface area contributed by atoms with Crippen molar-refractivity contribution in [1.29, 1.82) is 0 Å². The fourth-order valence-corrected chi connectivity index (χ4v) is 3.69. The smallest absolute Gasteiger partial charge is 0.321 e. The van der Waals surface area contributed by atoms with Crippen molar-refractivity contribution in [2.45, 2.75) is 38.6 Å². The fourth-order valence-electron chi connectivity index (χ4n) is 3.69. The molecule has 0 bridgehead atoms. The lowest BCUT2D eigenvalue weighted by Gasteiger charge is -2.25. The number of anilines is 1. The van der Waals surface area contributed by atoms with Crippen LogP contribution in [0.3, 0.4) is 0 Å². The number of rotatable bonds is 9. The molecule has 2 aromatic carbocycles. The summed E-state index contributed by atoms with van der Waals surface area (Å²) >= 11 is 0. The minimum Gasteiger partial charge on any atom is -0.497 e. The van der Waals surface area contributed by atoms with E-state index in [1.807, 2.05) is 18.2 Å². The second-order valence-electron chi connectivity index (χ2n) is 7.89. The highest BCUT2D eigenvalue weighted by atomic mass is 16.5. The number of carbonyl (C=O) groups excluding carboxylic acids is 3. The minimum atomic E-state index is -0.442. The largest absolute Gasteiger partial charge is 0.497 e. The van der Waals surface area contributed by atoms with Crippen molar-refractivity contribution >= 4 is 23.5 Å². The minimum absolute atomic E-state index is 0.247. The van der Waals surface area contributed by atoms with Gasteiger partial charge >= 0.3 is 6.03 Å². The summed E-state index contributed by atoms with van der Waals surface area (Å²) in [4.78, 5) is 37.8. The quantitative estimate of drug-likeness (QED) is 0.502. The topological polar surface area (TPSA) is 109 Å². The second kappa shape index (κ2) is 11.4. The van der Waals surface area contributed by atoms with Gasteiger partial charge in [0.15, 0.2) is 0 Å². The van der Waals surface area contributed by atoms with Gasteiger partial charge in [0, 0.05) is 39.4 Å². The van der Waals surface area contributed by atoms with E-state index in [9.17, 15) is 14.4 Å². The van der Waals surface area contributed by atoms with Gasteiger partial charge in [0.2, 0.25) is 11.8 Å². The molecule has 33 heavy (non-hydrogen) atoms. The number of ether oxygens (including phenoxy) is 2. The molecule has 1 heterocycles. The summed E-state index contributed by atoms with van der Waals surface area (Å²) in [5, 5.41) is 8.49. The van der Waals surface area contributed by atoms with Crippen molar-refractivity contribution in [3.05, 3.63) is 59.2 Å². The maximum Gasteiger partial charge on any atom is 0.321 e. The number of methoxy groups -OCH3 is 2. The summed E-state index contributed by atoms with van der Waals surface area (Å²) in [5.41, 5.74) is 3.55. The molecule has 0 aliphatic carbocycles. The molecule has 1 unspecified atom stereocenters. The maximum atomic E-state index is 12.7. The lowest BCUT2D eigenvalue weighted by molar-refractivity contribution is -0.134. The van der Waals surface area contributed by atoms with Gasteiger partial charge in [-0.15, -0.1) is 0 Å². The number of hydrogen-bond acceptors (Lipinski definition) is 6. The molecule has 176 valence electrons. The van der Waals surface area contributed by atoms with Gasteiger partial charge in [-0.3, -0.25) is 14.9 Å². The van der Waals surface area contributed by atoms with Crippen molar-refractivity contribution in [2.24, 2.45) is 0 Å². The van der Waals surface area contributed by atoms with Gasteiger partial charge in [0.1, 0.15) is 5.75 Å². The Kier molecular flexibility index (Phi) is 8.39. The van der Waals surface area contributed by atoms with E-state index in [1.165, 1.54) is 0 Å². The van der Waals surface area contributed by atoms with Gasteiger partial charge in [-0.05, 0) is 47.4 Å². The molecule has 3 rings (SSSR count). The molecule has 1 aliphatic heterocycles. The third-order valence-electron chi connectivity index (χ3n) is 5.53. The normalized spacial score (nSPS) is 15.7. The SMILES string of the molecule is COCc1cccc(CN(C)C(=O)Nc2ccc(OC)cc2)c1CNC1CCC(=O)NC1=O. The van der Waals surface area contributed by atoms with Crippen molar-refractivity contribution in [3.63, 3.8) is 0 Å². The summed E-state index contributed by atoms with van der Waals surface area (Å²) in [6.07, 6.45) is 0.765. The van der Waals surface area contributed by atoms with Gasteiger partial charge in [-0.25, -0.2) is 4.79 Å². The first-order chi connectivity index (χ1) is 15.9. The third kappa shape index (κ3) is 6.53. The molecule has 0 spiro atoms. The summed E-state index contributed by atoms with van der Waals surface area (Å²) in [7, 11) is 4.93. The molecule has 0 saturated carbocycles. The molecule has 4 amide bonds. The Bertz CT molecular complexity index is 993. The number of nitrogens with zero attached hydrogens (tertiary/aromatic N) is 1. The first-order valence-corrected chi connectivity index (χ1v) is 10.7. The Morgan fingerprint density at radius 3 is 2.52 bits per heavy atom. The molecule has 0 aromatic heterocycles. The van der Waals surface area contributed by atoms with Crippen LogP contribution in [0.2, 0.25) is 0 Å². The Labute approximate surface area is 193 Å². The zero-order valence-electron chi connectivity index (χ0n) is 19.1. The predicted molar refractivity (Wildman–Crippen MR) is 124 cm³/mol. The Balaban J connectivity index is 1.70. The molecule has 9 nitrogen and oxygen atoms in total. The van der Waals surface area contributed by atoms with E-state index in [-0.39, 0.29) is 17.8 Å². The Hall–Kier alpha value is -3.43. The van der Waals surface area contributed by atoms with Crippen LogP contribution in [0, 0.1) is 0 Å². The molecule has 1 saturated heterocycles.